The highest BCUT2D eigenvalue weighted by atomic mass is 14.6. The Morgan fingerprint density at radius 3 is 2.47 bits per heavy atom. The van der Waals surface area contributed by atoms with Gasteiger partial charge in [0.15, 0.2) is 0 Å². The highest BCUT2D eigenvalue weighted by Gasteiger charge is 2.53. The van der Waals surface area contributed by atoms with E-state index in [1.54, 1.807) is 0 Å². The summed E-state index contributed by atoms with van der Waals surface area (Å²) in [6.45, 7) is 7.09. The van der Waals surface area contributed by atoms with Gasteiger partial charge in [-0.3, -0.25) is 0 Å². The lowest BCUT2D eigenvalue weighted by Crippen LogP contribution is -2.11. The first-order chi connectivity index (χ1) is 8.18. The maximum absolute atomic E-state index is 2.39. The third-order valence-corrected chi connectivity index (χ3v) is 4.48. The molecule has 1 aliphatic carbocycles. The standard InChI is InChI=1S/C17H26/c1-4-5-11-17(13-16(17)14(2)3)12-15-9-7-6-8-10-15/h6-10,14,16H,4-5,11-13H2,1-3H3. The highest BCUT2D eigenvalue weighted by Crippen LogP contribution is 2.61. The SMILES string of the molecule is CCCCC1(Cc2ccccc2)CC1C(C)C. The summed E-state index contributed by atoms with van der Waals surface area (Å²) in [6, 6.07) is 11.1. The second-order valence-corrected chi connectivity index (χ2v) is 6.18. The molecule has 1 aromatic carbocycles. The third kappa shape index (κ3) is 2.91. The topological polar surface area (TPSA) is 0 Å². The molecule has 1 fully saturated rings. The molecule has 94 valence electrons. The van der Waals surface area contributed by atoms with Crippen LogP contribution in [-0.2, 0) is 6.42 Å². The van der Waals surface area contributed by atoms with Gasteiger partial charge in [-0.1, -0.05) is 63.9 Å². The fourth-order valence-electron chi connectivity index (χ4n) is 3.43. The smallest absolute Gasteiger partial charge is 0.0219 e. The Balaban J connectivity index is 2.03. The lowest BCUT2D eigenvalue weighted by molar-refractivity contribution is 0.354. The maximum atomic E-state index is 2.39. The van der Waals surface area contributed by atoms with Crippen LogP contribution in [0.5, 0.6) is 0 Å². The Hall–Kier alpha value is -0.780. The van der Waals surface area contributed by atoms with E-state index in [2.05, 4.69) is 51.1 Å². The maximum Gasteiger partial charge on any atom is -0.0219 e. The van der Waals surface area contributed by atoms with Gasteiger partial charge >= 0.3 is 0 Å². The van der Waals surface area contributed by atoms with E-state index < -0.39 is 0 Å². The van der Waals surface area contributed by atoms with Crippen LogP contribution in [0.15, 0.2) is 30.3 Å². The molecule has 1 aromatic rings. The van der Waals surface area contributed by atoms with Crippen molar-refractivity contribution in [3.63, 3.8) is 0 Å². The van der Waals surface area contributed by atoms with E-state index in [4.69, 9.17) is 0 Å². The zero-order chi connectivity index (χ0) is 12.3. The Morgan fingerprint density at radius 2 is 1.94 bits per heavy atom. The first-order valence-corrected chi connectivity index (χ1v) is 7.22. The van der Waals surface area contributed by atoms with Crippen LogP contribution in [-0.4, -0.2) is 0 Å². The van der Waals surface area contributed by atoms with Crippen molar-refractivity contribution in [3.05, 3.63) is 35.9 Å². The third-order valence-electron chi connectivity index (χ3n) is 4.48. The van der Waals surface area contributed by atoms with Gasteiger partial charge in [-0.05, 0) is 42.1 Å². The number of unbranched alkanes of at least 4 members (excludes halogenated alkanes) is 1. The van der Waals surface area contributed by atoms with E-state index >= 15 is 0 Å². The quantitative estimate of drug-likeness (QED) is 0.639. The van der Waals surface area contributed by atoms with Crippen molar-refractivity contribution < 1.29 is 0 Å². The van der Waals surface area contributed by atoms with Gasteiger partial charge in [-0.15, -0.1) is 0 Å². The molecule has 1 saturated carbocycles. The van der Waals surface area contributed by atoms with Crippen LogP contribution in [0.1, 0.15) is 52.0 Å². The summed E-state index contributed by atoms with van der Waals surface area (Å²) >= 11 is 0. The van der Waals surface area contributed by atoms with Crippen LogP contribution >= 0.6 is 0 Å². The van der Waals surface area contributed by atoms with Gasteiger partial charge in [0.05, 0.1) is 0 Å². The molecule has 0 heterocycles. The summed E-state index contributed by atoms with van der Waals surface area (Å²) in [4.78, 5) is 0. The van der Waals surface area contributed by atoms with Crippen molar-refractivity contribution in [1.82, 2.24) is 0 Å². The van der Waals surface area contributed by atoms with Crippen molar-refractivity contribution in [2.75, 3.05) is 0 Å². The summed E-state index contributed by atoms with van der Waals surface area (Å²) in [5.74, 6) is 1.82. The molecule has 0 radical (unpaired) electrons. The molecule has 0 nitrogen and oxygen atoms in total. The van der Waals surface area contributed by atoms with Crippen molar-refractivity contribution in [1.29, 1.82) is 0 Å². The number of rotatable bonds is 6. The molecule has 1 aliphatic rings. The normalized spacial score (nSPS) is 27.4. The van der Waals surface area contributed by atoms with Crippen molar-refractivity contribution in [2.45, 2.75) is 52.9 Å². The summed E-state index contributed by atoms with van der Waals surface area (Å²) < 4.78 is 0. The molecule has 2 unspecified atom stereocenters. The van der Waals surface area contributed by atoms with Gasteiger partial charge in [-0.25, -0.2) is 0 Å². The largest absolute Gasteiger partial charge is 0.0654 e. The van der Waals surface area contributed by atoms with Crippen LogP contribution in [0.3, 0.4) is 0 Å². The van der Waals surface area contributed by atoms with E-state index in [1.165, 1.54) is 37.7 Å². The Labute approximate surface area is 106 Å². The van der Waals surface area contributed by atoms with E-state index in [0.29, 0.717) is 5.41 Å². The molecule has 0 heteroatoms. The van der Waals surface area contributed by atoms with E-state index in [1.807, 2.05) is 0 Å². The molecule has 0 bridgehead atoms. The summed E-state index contributed by atoms with van der Waals surface area (Å²) in [5, 5.41) is 0. The van der Waals surface area contributed by atoms with E-state index in [9.17, 15) is 0 Å². The van der Waals surface area contributed by atoms with E-state index in [0.717, 1.165) is 11.8 Å². The summed E-state index contributed by atoms with van der Waals surface area (Å²) in [7, 11) is 0. The van der Waals surface area contributed by atoms with Crippen molar-refractivity contribution in [2.24, 2.45) is 17.3 Å². The fraction of sp³-hybridized carbons (Fsp3) is 0.647. The van der Waals surface area contributed by atoms with Crippen LogP contribution in [0.2, 0.25) is 0 Å². The lowest BCUT2D eigenvalue weighted by Gasteiger charge is -2.19. The average Bonchev–Trinajstić information content (AvgIpc) is 3.03. The molecule has 0 aliphatic heterocycles. The average molecular weight is 230 g/mol. The van der Waals surface area contributed by atoms with E-state index in [-0.39, 0.29) is 0 Å². The van der Waals surface area contributed by atoms with Gasteiger partial charge in [0.25, 0.3) is 0 Å². The second-order valence-electron chi connectivity index (χ2n) is 6.18. The molecule has 0 spiro atoms. The van der Waals surface area contributed by atoms with Gasteiger partial charge < -0.3 is 0 Å². The van der Waals surface area contributed by atoms with Crippen LogP contribution in [0, 0.1) is 17.3 Å². The molecule has 0 N–H and O–H groups in total. The number of hydrogen-bond donors (Lipinski definition) is 0. The monoisotopic (exact) mass is 230 g/mol. The lowest BCUT2D eigenvalue weighted by atomic mass is 9.86. The van der Waals surface area contributed by atoms with Gasteiger partial charge in [0.2, 0.25) is 0 Å². The van der Waals surface area contributed by atoms with Crippen LogP contribution in [0.4, 0.5) is 0 Å². The Bertz CT molecular complexity index is 338. The molecule has 0 aromatic heterocycles. The molecule has 17 heavy (non-hydrogen) atoms. The van der Waals surface area contributed by atoms with Crippen molar-refractivity contribution in [3.8, 4) is 0 Å². The van der Waals surface area contributed by atoms with Crippen LogP contribution < -0.4 is 0 Å². The van der Waals surface area contributed by atoms with Gasteiger partial charge in [0.1, 0.15) is 0 Å². The molecule has 2 rings (SSSR count). The predicted molar refractivity (Wildman–Crippen MR) is 75.0 cm³/mol. The minimum Gasteiger partial charge on any atom is -0.0654 e. The van der Waals surface area contributed by atoms with Gasteiger partial charge in [0, 0.05) is 0 Å². The predicted octanol–water partition coefficient (Wildman–Crippen LogP) is 5.08. The number of hydrogen-bond acceptors (Lipinski definition) is 0. The Kier molecular flexibility index (Phi) is 3.91. The zero-order valence-corrected chi connectivity index (χ0v) is 11.6. The Morgan fingerprint density at radius 1 is 1.24 bits per heavy atom. The second kappa shape index (κ2) is 5.25. The van der Waals surface area contributed by atoms with Gasteiger partial charge in [-0.2, -0.15) is 0 Å². The van der Waals surface area contributed by atoms with Crippen molar-refractivity contribution >= 4 is 0 Å². The zero-order valence-electron chi connectivity index (χ0n) is 11.6. The molecule has 0 saturated heterocycles. The highest BCUT2D eigenvalue weighted by molar-refractivity contribution is 5.20. The molecule has 0 amide bonds. The first kappa shape index (κ1) is 12.7. The molecule has 2 atom stereocenters. The fourth-order valence-corrected chi connectivity index (χ4v) is 3.43. The van der Waals surface area contributed by atoms with Crippen LogP contribution in [0.25, 0.3) is 0 Å². The first-order valence-electron chi connectivity index (χ1n) is 7.22. The minimum absolute atomic E-state index is 0.644. The summed E-state index contributed by atoms with van der Waals surface area (Å²) in [6.07, 6.45) is 6.93. The number of benzene rings is 1. The molecular formula is C17H26. The molecular weight excluding hydrogens is 204 g/mol. The summed E-state index contributed by atoms with van der Waals surface area (Å²) in [5.41, 5.74) is 2.18. The minimum atomic E-state index is 0.644.